The standard InChI is InChI=1S/C17H19N3/c1-2-16-14(15-11-19-8-5-17(15)20-16)10-13(1)9-12-3-6-18-7-4-12/h1-2,5,8,10-12,18,20H,3-4,6-7,9H2. The van der Waals surface area contributed by atoms with Crippen LogP contribution in [-0.2, 0) is 6.42 Å². The Hall–Kier alpha value is -1.87. The zero-order chi connectivity index (χ0) is 13.4. The molecule has 0 saturated carbocycles. The molecule has 1 saturated heterocycles. The molecule has 1 aliphatic rings. The summed E-state index contributed by atoms with van der Waals surface area (Å²) in [4.78, 5) is 7.71. The minimum absolute atomic E-state index is 0.831. The molecule has 1 aliphatic heterocycles. The van der Waals surface area contributed by atoms with Crippen molar-refractivity contribution in [2.24, 2.45) is 5.92 Å². The van der Waals surface area contributed by atoms with Crippen LogP contribution in [0.5, 0.6) is 0 Å². The fourth-order valence-electron chi connectivity index (χ4n) is 3.33. The van der Waals surface area contributed by atoms with Crippen molar-refractivity contribution < 1.29 is 0 Å². The summed E-state index contributed by atoms with van der Waals surface area (Å²) in [7, 11) is 0. The van der Waals surface area contributed by atoms with Crippen LogP contribution in [0.2, 0.25) is 0 Å². The van der Waals surface area contributed by atoms with Crippen molar-refractivity contribution in [1.82, 2.24) is 15.3 Å². The lowest BCUT2D eigenvalue weighted by Gasteiger charge is -2.22. The van der Waals surface area contributed by atoms with Crippen molar-refractivity contribution in [3.63, 3.8) is 0 Å². The van der Waals surface area contributed by atoms with Gasteiger partial charge in [-0.1, -0.05) is 6.07 Å². The van der Waals surface area contributed by atoms with E-state index in [1.165, 1.54) is 59.7 Å². The Balaban J connectivity index is 1.71. The molecule has 0 aliphatic carbocycles. The number of rotatable bonds is 2. The SMILES string of the molecule is c1cc2[nH]c3ccc(CC4CCNCC4)cc3c2cn1. The highest BCUT2D eigenvalue weighted by molar-refractivity contribution is 6.06. The Bertz CT molecular complexity index is 738. The van der Waals surface area contributed by atoms with Gasteiger partial charge in [-0.25, -0.2) is 0 Å². The number of aromatic amines is 1. The van der Waals surface area contributed by atoms with Crippen LogP contribution in [0.4, 0.5) is 0 Å². The summed E-state index contributed by atoms with van der Waals surface area (Å²) in [6, 6.07) is 8.87. The minimum Gasteiger partial charge on any atom is -0.354 e. The first-order valence-corrected chi connectivity index (χ1v) is 7.45. The van der Waals surface area contributed by atoms with Crippen molar-refractivity contribution in [2.45, 2.75) is 19.3 Å². The summed E-state index contributed by atoms with van der Waals surface area (Å²) in [5.74, 6) is 0.831. The van der Waals surface area contributed by atoms with Crippen LogP contribution in [0.25, 0.3) is 21.8 Å². The molecule has 2 N–H and O–H groups in total. The molecule has 2 aromatic heterocycles. The number of pyridine rings is 1. The van der Waals surface area contributed by atoms with Crippen LogP contribution >= 0.6 is 0 Å². The van der Waals surface area contributed by atoms with Gasteiger partial charge in [-0.2, -0.15) is 0 Å². The van der Waals surface area contributed by atoms with Crippen molar-refractivity contribution in [3.8, 4) is 0 Å². The van der Waals surface area contributed by atoms with Gasteiger partial charge in [0.15, 0.2) is 0 Å². The number of nitrogens with one attached hydrogen (secondary N) is 2. The molecule has 3 heteroatoms. The largest absolute Gasteiger partial charge is 0.354 e. The lowest BCUT2D eigenvalue weighted by molar-refractivity contribution is 0.373. The van der Waals surface area contributed by atoms with Gasteiger partial charge in [0.25, 0.3) is 0 Å². The number of piperidine rings is 1. The molecule has 1 aromatic carbocycles. The topological polar surface area (TPSA) is 40.7 Å². The molecule has 4 rings (SSSR count). The Morgan fingerprint density at radius 2 is 1.90 bits per heavy atom. The summed E-state index contributed by atoms with van der Waals surface area (Å²) in [6.07, 6.45) is 7.60. The minimum atomic E-state index is 0.831. The lowest BCUT2D eigenvalue weighted by Crippen LogP contribution is -2.28. The quantitative estimate of drug-likeness (QED) is 0.746. The molecular weight excluding hydrogens is 246 g/mol. The van der Waals surface area contributed by atoms with Crippen LogP contribution in [-0.4, -0.2) is 23.1 Å². The Morgan fingerprint density at radius 3 is 2.80 bits per heavy atom. The summed E-state index contributed by atoms with van der Waals surface area (Å²) < 4.78 is 0. The van der Waals surface area contributed by atoms with E-state index >= 15 is 0 Å². The molecule has 0 atom stereocenters. The van der Waals surface area contributed by atoms with E-state index in [2.05, 4.69) is 33.5 Å². The van der Waals surface area contributed by atoms with E-state index in [-0.39, 0.29) is 0 Å². The third-order valence-electron chi connectivity index (χ3n) is 4.45. The number of nitrogens with zero attached hydrogens (tertiary/aromatic N) is 1. The van der Waals surface area contributed by atoms with Gasteiger partial charge in [-0.15, -0.1) is 0 Å². The van der Waals surface area contributed by atoms with Gasteiger partial charge in [0.05, 0.1) is 0 Å². The van der Waals surface area contributed by atoms with E-state index in [4.69, 9.17) is 0 Å². The second kappa shape index (κ2) is 4.91. The van der Waals surface area contributed by atoms with E-state index in [0.29, 0.717) is 0 Å². The predicted octanol–water partition coefficient (Wildman–Crippen LogP) is 3.26. The Labute approximate surface area is 118 Å². The van der Waals surface area contributed by atoms with Crippen LogP contribution in [0, 0.1) is 5.92 Å². The Morgan fingerprint density at radius 1 is 1.05 bits per heavy atom. The number of aromatic nitrogens is 2. The third kappa shape index (κ3) is 2.08. The monoisotopic (exact) mass is 265 g/mol. The predicted molar refractivity (Wildman–Crippen MR) is 82.9 cm³/mol. The van der Waals surface area contributed by atoms with E-state index in [0.717, 1.165) is 5.92 Å². The molecule has 0 radical (unpaired) electrons. The van der Waals surface area contributed by atoms with E-state index < -0.39 is 0 Å². The summed E-state index contributed by atoms with van der Waals surface area (Å²) >= 11 is 0. The molecule has 20 heavy (non-hydrogen) atoms. The maximum Gasteiger partial charge on any atom is 0.0495 e. The highest BCUT2D eigenvalue weighted by Crippen LogP contribution is 2.27. The number of hydrogen-bond acceptors (Lipinski definition) is 2. The zero-order valence-corrected chi connectivity index (χ0v) is 11.5. The first kappa shape index (κ1) is 11.9. The van der Waals surface area contributed by atoms with Gasteiger partial charge < -0.3 is 10.3 Å². The maximum absolute atomic E-state index is 4.25. The van der Waals surface area contributed by atoms with Gasteiger partial charge in [-0.05, 0) is 62.0 Å². The van der Waals surface area contributed by atoms with Crippen molar-refractivity contribution in [1.29, 1.82) is 0 Å². The fraction of sp³-hybridized carbons (Fsp3) is 0.353. The van der Waals surface area contributed by atoms with Crippen LogP contribution in [0.15, 0.2) is 36.7 Å². The zero-order valence-electron chi connectivity index (χ0n) is 11.5. The molecule has 0 amide bonds. The molecule has 0 spiro atoms. The highest BCUT2D eigenvalue weighted by atomic mass is 14.9. The van der Waals surface area contributed by atoms with Crippen LogP contribution < -0.4 is 5.32 Å². The van der Waals surface area contributed by atoms with E-state index in [1.54, 1.807) is 0 Å². The number of H-pyrrole nitrogens is 1. The highest BCUT2D eigenvalue weighted by Gasteiger charge is 2.14. The summed E-state index contributed by atoms with van der Waals surface area (Å²) in [5.41, 5.74) is 3.84. The van der Waals surface area contributed by atoms with Gasteiger partial charge in [0, 0.05) is 34.2 Å². The van der Waals surface area contributed by atoms with Gasteiger partial charge in [0.1, 0.15) is 0 Å². The molecule has 0 unspecified atom stereocenters. The molecule has 3 nitrogen and oxygen atoms in total. The second-order valence-corrected chi connectivity index (χ2v) is 5.82. The molecule has 3 aromatic rings. The average molecular weight is 265 g/mol. The summed E-state index contributed by atoms with van der Waals surface area (Å²) in [6.45, 7) is 2.34. The normalized spacial score (nSPS) is 17.0. The van der Waals surface area contributed by atoms with E-state index in [1.807, 2.05) is 18.5 Å². The van der Waals surface area contributed by atoms with Crippen LogP contribution in [0.3, 0.4) is 0 Å². The molecule has 0 bridgehead atoms. The van der Waals surface area contributed by atoms with Crippen molar-refractivity contribution in [2.75, 3.05) is 13.1 Å². The van der Waals surface area contributed by atoms with E-state index in [9.17, 15) is 0 Å². The number of fused-ring (bicyclic) bond motifs is 3. The van der Waals surface area contributed by atoms with Crippen molar-refractivity contribution >= 4 is 21.8 Å². The molecule has 102 valence electrons. The average Bonchev–Trinajstić information content (AvgIpc) is 2.86. The maximum atomic E-state index is 4.25. The fourth-order valence-corrected chi connectivity index (χ4v) is 3.33. The third-order valence-corrected chi connectivity index (χ3v) is 4.45. The van der Waals surface area contributed by atoms with Gasteiger partial charge >= 0.3 is 0 Å². The second-order valence-electron chi connectivity index (χ2n) is 5.82. The summed E-state index contributed by atoms with van der Waals surface area (Å²) in [5, 5.41) is 5.97. The first-order chi connectivity index (χ1) is 9.90. The molecule has 1 fully saturated rings. The number of benzene rings is 1. The Kier molecular flexibility index (Phi) is 2.92. The first-order valence-electron chi connectivity index (χ1n) is 7.45. The smallest absolute Gasteiger partial charge is 0.0495 e. The molecular formula is C17H19N3. The van der Waals surface area contributed by atoms with Crippen molar-refractivity contribution in [3.05, 3.63) is 42.2 Å². The lowest BCUT2D eigenvalue weighted by atomic mass is 9.90. The van der Waals surface area contributed by atoms with Gasteiger partial charge in [-0.3, -0.25) is 4.98 Å². The molecule has 3 heterocycles. The number of hydrogen-bond donors (Lipinski definition) is 2. The van der Waals surface area contributed by atoms with Gasteiger partial charge in [0.2, 0.25) is 0 Å². The van der Waals surface area contributed by atoms with Crippen LogP contribution in [0.1, 0.15) is 18.4 Å².